The SMILES string of the molecule is O=C(O)CCc1cccc(C2CC2(C(=O)O)N(c2ccc(-c3ccc(Cl)cc3)s2)S(=O)[O-])c1. The van der Waals surface area contributed by atoms with Crippen molar-refractivity contribution in [3.63, 3.8) is 0 Å². The van der Waals surface area contributed by atoms with Crippen molar-refractivity contribution in [3.8, 4) is 10.4 Å². The van der Waals surface area contributed by atoms with Gasteiger partial charge in [-0.2, -0.15) is 0 Å². The van der Waals surface area contributed by atoms with Crippen molar-refractivity contribution >= 4 is 51.1 Å². The summed E-state index contributed by atoms with van der Waals surface area (Å²) in [6, 6.07) is 17.5. The molecule has 1 saturated carbocycles. The van der Waals surface area contributed by atoms with Gasteiger partial charge in [-0.15, -0.1) is 11.3 Å². The Morgan fingerprint density at radius 2 is 1.88 bits per heavy atom. The van der Waals surface area contributed by atoms with E-state index < -0.39 is 34.7 Å². The van der Waals surface area contributed by atoms with Crippen molar-refractivity contribution in [2.45, 2.75) is 30.7 Å². The molecule has 7 nitrogen and oxygen atoms in total. The number of carboxylic acids is 2. The predicted octanol–water partition coefficient (Wildman–Crippen LogP) is 4.70. The Balaban J connectivity index is 1.66. The summed E-state index contributed by atoms with van der Waals surface area (Å²) in [6.45, 7) is 0. The Hall–Kier alpha value is -2.72. The third kappa shape index (κ3) is 4.67. The lowest BCUT2D eigenvalue weighted by Crippen LogP contribution is -2.46. The fourth-order valence-corrected chi connectivity index (χ4v) is 6.19. The maximum Gasteiger partial charge on any atom is 0.331 e. The zero-order chi connectivity index (χ0) is 23.8. The molecule has 1 aliphatic carbocycles. The summed E-state index contributed by atoms with van der Waals surface area (Å²) in [5.41, 5.74) is 0.637. The van der Waals surface area contributed by atoms with Gasteiger partial charge in [-0.05, 0) is 53.8 Å². The van der Waals surface area contributed by atoms with Gasteiger partial charge >= 0.3 is 11.9 Å². The van der Waals surface area contributed by atoms with Gasteiger partial charge in [0.2, 0.25) is 0 Å². The molecule has 4 rings (SSSR count). The Kier molecular flexibility index (Phi) is 6.58. The van der Waals surface area contributed by atoms with Crippen LogP contribution in [0, 0.1) is 0 Å². The fraction of sp³-hybridized carbons (Fsp3) is 0.217. The van der Waals surface area contributed by atoms with Gasteiger partial charge in [0, 0.05) is 33.5 Å². The van der Waals surface area contributed by atoms with E-state index >= 15 is 0 Å². The second kappa shape index (κ2) is 9.26. The third-order valence-electron chi connectivity index (χ3n) is 5.72. The summed E-state index contributed by atoms with van der Waals surface area (Å²) in [4.78, 5) is 24.1. The Morgan fingerprint density at radius 1 is 1.15 bits per heavy atom. The monoisotopic (exact) mass is 504 g/mol. The number of carbonyl (C=O) groups is 2. The van der Waals surface area contributed by atoms with Gasteiger partial charge in [0.1, 0.15) is 5.00 Å². The third-order valence-corrected chi connectivity index (χ3v) is 8.02. The van der Waals surface area contributed by atoms with Gasteiger partial charge in [-0.1, -0.05) is 48.0 Å². The lowest BCUT2D eigenvalue weighted by Gasteiger charge is -2.32. The summed E-state index contributed by atoms with van der Waals surface area (Å²) in [5.74, 6) is -2.71. The molecule has 33 heavy (non-hydrogen) atoms. The molecule has 172 valence electrons. The number of hydrogen-bond donors (Lipinski definition) is 2. The van der Waals surface area contributed by atoms with Crippen LogP contribution >= 0.6 is 22.9 Å². The molecular formula is C23H19ClNO6S2-. The predicted molar refractivity (Wildman–Crippen MR) is 126 cm³/mol. The number of thiophene rings is 1. The zero-order valence-electron chi connectivity index (χ0n) is 17.1. The van der Waals surface area contributed by atoms with Crippen LogP contribution in [-0.2, 0) is 27.3 Å². The van der Waals surface area contributed by atoms with E-state index in [0.29, 0.717) is 22.0 Å². The molecule has 0 aliphatic heterocycles. The molecule has 3 aromatic rings. The van der Waals surface area contributed by atoms with Gasteiger partial charge in [0.15, 0.2) is 5.54 Å². The van der Waals surface area contributed by atoms with Gasteiger partial charge < -0.3 is 14.8 Å². The van der Waals surface area contributed by atoms with Crippen LogP contribution in [0.5, 0.6) is 0 Å². The second-order valence-corrected chi connectivity index (χ2v) is 10.1. The number of halogens is 1. The van der Waals surface area contributed by atoms with Crippen LogP contribution < -0.4 is 4.31 Å². The quantitative estimate of drug-likeness (QED) is 0.408. The molecule has 1 heterocycles. The molecule has 2 N–H and O–H groups in total. The average Bonchev–Trinajstić information content (AvgIpc) is 3.34. The molecule has 1 aliphatic rings. The van der Waals surface area contributed by atoms with Crippen molar-refractivity contribution in [1.82, 2.24) is 0 Å². The van der Waals surface area contributed by atoms with Crippen molar-refractivity contribution in [3.05, 3.63) is 76.8 Å². The van der Waals surface area contributed by atoms with E-state index in [9.17, 15) is 23.5 Å². The molecule has 1 fully saturated rings. The normalized spacial score (nSPS) is 20.2. The minimum atomic E-state index is -2.82. The molecule has 0 bridgehead atoms. The first-order valence-corrected chi connectivity index (χ1v) is 12.2. The standard InChI is InChI=1S/C23H20ClNO6S2/c24-17-7-5-15(6-8-17)19-9-10-20(32-19)25(33(30)31)23(22(28)29)13-18(23)16-3-1-2-14(12-16)4-11-21(26)27/h1-3,5-10,12,18H,4,11,13H2,(H,26,27)(H,28,29)(H,30,31)/p-1. The Labute approximate surface area is 201 Å². The number of benzene rings is 2. The van der Waals surface area contributed by atoms with Crippen molar-refractivity contribution < 1.29 is 28.6 Å². The fourth-order valence-electron chi connectivity index (χ4n) is 4.02. The van der Waals surface area contributed by atoms with Crippen LogP contribution in [0.15, 0.2) is 60.7 Å². The van der Waals surface area contributed by atoms with Crippen LogP contribution in [0.1, 0.15) is 29.9 Å². The van der Waals surface area contributed by atoms with Crippen LogP contribution in [0.2, 0.25) is 5.02 Å². The number of hydrogen-bond acceptors (Lipinski definition) is 5. The highest BCUT2D eigenvalue weighted by Gasteiger charge is 2.66. The zero-order valence-corrected chi connectivity index (χ0v) is 19.5. The van der Waals surface area contributed by atoms with E-state index in [2.05, 4.69) is 0 Å². The number of anilines is 1. The van der Waals surface area contributed by atoms with Crippen molar-refractivity contribution in [2.75, 3.05) is 4.31 Å². The van der Waals surface area contributed by atoms with Gasteiger partial charge in [0.25, 0.3) is 0 Å². The first-order chi connectivity index (χ1) is 15.7. The maximum atomic E-state index is 12.4. The minimum Gasteiger partial charge on any atom is -0.755 e. The largest absolute Gasteiger partial charge is 0.755 e. The summed E-state index contributed by atoms with van der Waals surface area (Å²) in [7, 11) is 0. The molecule has 3 atom stereocenters. The number of aliphatic carboxylic acids is 2. The van der Waals surface area contributed by atoms with Crippen LogP contribution in [0.4, 0.5) is 5.00 Å². The summed E-state index contributed by atoms with van der Waals surface area (Å²) < 4.78 is 25.5. The summed E-state index contributed by atoms with van der Waals surface area (Å²) in [5, 5.41) is 19.9. The number of carboxylic acid groups (broad SMARTS) is 2. The van der Waals surface area contributed by atoms with E-state index in [0.717, 1.165) is 20.3 Å². The highest BCUT2D eigenvalue weighted by atomic mass is 35.5. The van der Waals surface area contributed by atoms with E-state index in [4.69, 9.17) is 16.7 Å². The first-order valence-electron chi connectivity index (χ1n) is 10.0. The molecule has 10 heteroatoms. The van der Waals surface area contributed by atoms with Crippen molar-refractivity contribution in [2.24, 2.45) is 0 Å². The molecule has 3 unspecified atom stereocenters. The molecule has 1 aromatic heterocycles. The summed E-state index contributed by atoms with van der Waals surface area (Å²) >= 11 is 4.30. The summed E-state index contributed by atoms with van der Waals surface area (Å²) in [6.07, 6.45) is 0.382. The minimum absolute atomic E-state index is 0.0441. The topological polar surface area (TPSA) is 118 Å². The van der Waals surface area contributed by atoms with E-state index in [1.165, 1.54) is 11.3 Å². The molecular weight excluding hydrogens is 486 g/mol. The maximum absolute atomic E-state index is 12.4. The van der Waals surface area contributed by atoms with Crippen molar-refractivity contribution in [1.29, 1.82) is 0 Å². The molecule has 0 amide bonds. The molecule has 0 saturated heterocycles. The Bertz CT molecular complexity index is 1230. The highest BCUT2D eigenvalue weighted by molar-refractivity contribution is 7.81. The van der Waals surface area contributed by atoms with Gasteiger partial charge in [0.05, 0.1) is 0 Å². The van der Waals surface area contributed by atoms with Gasteiger partial charge in [-0.3, -0.25) is 13.3 Å². The van der Waals surface area contributed by atoms with Crippen LogP contribution in [-0.4, -0.2) is 36.5 Å². The lowest BCUT2D eigenvalue weighted by molar-refractivity contribution is -0.139. The van der Waals surface area contributed by atoms with E-state index in [1.54, 1.807) is 48.5 Å². The smallest absolute Gasteiger partial charge is 0.331 e. The van der Waals surface area contributed by atoms with Crippen LogP contribution in [0.25, 0.3) is 10.4 Å². The molecule has 0 spiro atoms. The van der Waals surface area contributed by atoms with E-state index in [1.807, 2.05) is 12.1 Å². The highest BCUT2D eigenvalue weighted by Crippen LogP contribution is 2.58. The second-order valence-electron chi connectivity index (χ2n) is 7.78. The molecule has 0 radical (unpaired) electrons. The number of rotatable bonds is 9. The molecule has 2 aromatic carbocycles. The first kappa shape index (κ1) is 23.4. The van der Waals surface area contributed by atoms with Gasteiger partial charge in [-0.25, -0.2) is 4.79 Å². The Morgan fingerprint density at radius 3 is 2.52 bits per heavy atom. The lowest BCUT2D eigenvalue weighted by atomic mass is 10.0. The number of aryl methyl sites for hydroxylation is 1. The number of nitrogens with zero attached hydrogens (tertiary/aromatic N) is 1. The average molecular weight is 505 g/mol. The van der Waals surface area contributed by atoms with Crippen LogP contribution in [0.3, 0.4) is 0 Å². The van der Waals surface area contributed by atoms with E-state index in [-0.39, 0.29) is 12.8 Å².